The lowest BCUT2D eigenvalue weighted by atomic mass is 10.00. The van der Waals surface area contributed by atoms with E-state index >= 15 is 0 Å². The standard InChI is InChI=1S/C20H23FN2O3/c1-13-9-18(25-2)19(26-3)11-16(13)20(24)23-8-7-22-12-17(23)14-5-4-6-15(21)10-14/h4-6,9-11,17,22H,7-8,12H2,1-3H3. The first kappa shape index (κ1) is 18.2. The van der Waals surface area contributed by atoms with Gasteiger partial charge in [-0.25, -0.2) is 4.39 Å². The summed E-state index contributed by atoms with van der Waals surface area (Å²) in [6.45, 7) is 3.70. The van der Waals surface area contributed by atoms with Crippen molar-refractivity contribution in [3.05, 3.63) is 58.9 Å². The Balaban J connectivity index is 1.97. The van der Waals surface area contributed by atoms with Gasteiger partial charge in [0.1, 0.15) is 5.82 Å². The molecule has 0 aliphatic carbocycles. The quantitative estimate of drug-likeness (QED) is 0.913. The zero-order chi connectivity index (χ0) is 18.7. The second-order valence-corrected chi connectivity index (χ2v) is 6.30. The van der Waals surface area contributed by atoms with E-state index in [0.717, 1.165) is 11.1 Å². The molecule has 26 heavy (non-hydrogen) atoms. The SMILES string of the molecule is COc1cc(C)c(C(=O)N2CCNCC2c2cccc(F)c2)cc1OC. The summed E-state index contributed by atoms with van der Waals surface area (Å²) < 4.78 is 24.3. The Hall–Kier alpha value is -2.60. The average Bonchev–Trinajstić information content (AvgIpc) is 2.67. The zero-order valence-electron chi connectivity index (χ0n) is 15.2. The third-order valence-electron chi connectivity index (χ3n) is 4.70. The first-order valence-electron chi connectivity index (χ1n) is 8.55. The van der Waals surface area contributed by atoms with E-state index in [1.54, 1.807) is 37.3 Å². The van der Waals surface area contributed by atoms with E-state index in [9.17, 15) is 9.18 Å². The van der Waals surface area contributed by atoms with Crippen LogP contribution in [0, 0.1) is 12.7 Å². The summed E-state index contributed by atoms with van der Waals surface area (Å²) in [5.41, 5.74) is 2.15. The zero-order valence-corrected chi connectivity index (χ0v) is 15.2. The van der Waals surface area contributed by atoms with Gasteiger partial charge >= 0.3 is 0 Å². The van der Waals surface area contributed by atoms with Crippen LogP contribution in [0.15, 0.2) is 36.4 Å². The Morgan fingerprint density at radius 2 is 1.92 bits per heavy atom. The van der Waals surface area contributed by atoms with Crippen LogP contribution in [0.1, 0.15) is 27.5 Å². The van der Waals surface area contributed by atoms with Crippen LogP contribution < -0.4 is 14.8 Å². The predicted molar refractivity (Wildman–Crippen MR) is 97.3 cm³/mol. The van der Waals surface area contributed by atoms with Crippen LogP contribution in [-0.2, 0) is 0 Å². The van der Waals surface area contributed by atoms with E-state index in [-0.39, 0.29) is 17.8 Å². The summed E-state index contributed by atoms with van der Waals surface area (Å²) in [5, 5.41) is 3.28. The molecule has 0 spiro atoms. The number of nitrogens with zero attached hydrogens (tertiary/aromatic N) is 1. The van der Waals surface area contributed by atoms with Gasteiger partial charge in [-0.15, -0.1) is 0 Å². The molecule has 0 saturated carbocycles. The largest absolute Gasteiger partial charge is 0.493 e. The third kappa shape index (κ3) is 3.51. The van der Waals surface area contributed by atoms with Crippen molar-refractivity contribution < 1.29 is 18.7 Å². The van der Waals surface area contributed by atoms with Gasteiger partial charge in [0.15, 0.2) is 11.5 Å². The molecule has 3 rings (SSSR count). The minimum atomic E-state index is -0.303. The lowest BCUT2D eigenvalue weighted by Gasteiger charge is -2.37. The summed E-state index contributed by atoms with van der Waals surface area (Å²) in [7, 11) is 3.11. The van der Waals surface area contributed by atoms with Crippen molar-refractivity contribution in [2.75, 3.05) is 33.9 Å². The van der Waals surface area contributed by atoms with E-state index in [1.165, 1.54) is 12.1 Å². The summed E-state index contributed by atoms with van der Waals surface area (Å²) in [5.74, 6) is 0.699. The van der Waals surface area contributed by atoms with E-state index in [2.05, 4.69) is 5.32 Å². The van der Waals surface area contributed by atoms with Gasteiger partial charge in [-0.3, -0.25) is 4.79 Å². The number of aryl methyl sites for hydroxylation is 1. The molecule has 1 fully saturated rings. The van der Waals surface area contributed by atoms with Crippen LogP contribution in [-0.4, -0.2) is 44.7 Å². The normalized spacial score (nSPS) is 17.1. The number of carbonyl (C=O) groups is 1. The second-order valence-electron chi connectivity index (χ2n) is 6.30. The van der Waals surface area contributed by atoms with Crippen molar-refractivity contribution in [2.24, 2.45) is 0 Å². The van der Waals surface area contributed by atoms with Crippen molar-refractivity contribution in [3.63, 3.8) is 0 Å². The van der Waals surface area contributed by atoms with Crippen molar-refractivity contribution >= 4 is 5.91 Å². The molecule has 1 saturated heterocycles. The van der Waals surface area contributed by atoms with Gasteiger partial charge in [-0.1, -0.05) is 12.1 Å². The molecule has 2 aromatic rings. The molecule has 0 bridgehead atoms. The molecule has 2 aromatic carbocycles. The Labute approximate surface area is 152 Å². The molecule has 1 aliphatic rings. The van der Waals surface area contributed by atoms with Crippen LogP contribution in [0.5, 0.6) is 11.5 Å². The van der Waals surface area contributed by atoms with Gasteiger partial charge in [0.25, 0.3) is 5.91 Å². The summed E-state index contributed by atoms with van der Waals surface area (Å²) in [4.78, 5) is 15.1. The summed E-state index contributed by atoms with van der Waals surface area (Å²) in [6, 6.07) is 9.70. The molecule has 1 aliphatic heterocycles. The van der Waals surface area contributed by atoms with Crippen LogP contribution in [0.25, 0.3) is 0 Å². The molecule has 0 radical (unpaired) electrons. The Bertz CT molecular complexity index is 810. The van der Waals surface area contributed by atoms with Crippen molar-refractivity contribution in [1.82, 2.24) is 10.2 Å². The molecule has 6 heteroatoms. The number of rotatable bonds is 4. The van der Waals surface area contributed by atoms with E-state index in [4.69, 9.17) is 9.47 Å². The smallest absolute Gasteiger partial charge is 0.254 e. The Morgan fingerprint density at radius 3 is 2.62 bits per heavy atom. The summed E-state index contributed by atoms with van der Waals surface area (Å²) >= 11 is 0. The number of hydrogen-bond acceptors (Lipinski definition) is 4. The fourth-order valence-electron chi connectivity index (χ4n) is 3.32. The number of amides is 1. The van der Waals surface area contributed by atoms with Crippen LogP contribution in [0.4, 0.5) is 4.39 Å². The molecular formula is C20H23FN2O3. The van der Waals surface area contributed by atoms with Crippen LogP contribution in [0.3, 0.4) is 0 Å². The molecular weight excluding hydrogens is 335 g/mol. The topological polar surface area (TPSA) is 50.8 Å². The van der Waals surface area contributed by atoms with Crippen molar-refractivity contribution in [2.45, 2.75) is 13.0 Å². The highest BCUT2D eigenvalue weighted by Gasteiger charge is 2.30. The Morgan fingerprint density at radius 1 is 1.19 bits per heavy atom. The molecule has 1 atom stereocenters. The van der Waals surface area contributed by atoms with Crippen LogP contribution >= 0.6 is 0 Å². The minimum absolute atomic E-state index is 0.0979. The fraction of sp³-hybridized carbons (Fsp3) is 0.350. The van der Waals surface area contributed by atoms with Gasteiger partial charge < -0.3 is 19.7 Å². The highest BCUT2D eigenvalue weighted by molar-refractivity contribution is 5.96. The van der Waals surface area contributed by atoms with Gasteiger partial charge in [-0.2, -0.15) is 0 Å². The number of methoxy groups -OCH3 is 2. The predicted octanol–water partition coefficient (Wildman–Crippen LogP) is 2.94. The first-order chi connectivity index (χ1) is 12.5. The number of ether oxygens (including phenoxy) is 2. The molecule has 1 amide bonds. The second kappa shape index (κ2) is 7.74. The third-order valence-corrected chi connectivity index (χ3v) is 4.70. The highest BCUT2D eigenvalue weighted by Crippen LogP contribution is 2.32. The molecule has 1 unspecified atom stereocenters. The van der Waals surface area contributed by atoms with Gasteiger partial charge in [0.2, 0.25) is 0 Å². The maximum Gasteiger partial charge on any atom is 0.254 e. The van der Waals surface area contributed by atoms with Gasteiger partial charge in [0.05, 0.1) is 20.3 Å². The maximum absolute atomic E-state index is 13.7. The number of halogens is 1. The maximum atomic E-state index is 13.7. The number of benzene rings is 2. The fourth-order valence-corrected chi connectivity index (χ4v) is 3.32. The highest BCUT2D eigenvalue weighted by atomic mass is 19.1. The lowest BCUT2D eigenvalue weighted by molar-refractivity contribution is 0.0632. The minimum Gasteiger partial charge on any atom is -0.493 e. The summed E-state index contributed by atoms with van der Waals surface area (Å²) in [6.07, 6.45) is 0. The average molecular weight is 358 g/mol. The van der Waals surface area contributed by atoms with Gasteiger partial charge in [-0.05, 0) is 42.3 Å². The molecule has 1 heterocycles. The molecule has 138 valence electrons. The Kier molecular flexibility index (Phi) is 5.42. The van der Waals surface area contributed by atoms with Crippen LogP contribution in [0.2, 0.25) is 0 Å². The van der Waals surface area contributed by atoms with E-state index in [1.807, 2.05) is 13.0 Å². The lowest BCUT2D eigenvalue weighted by Crippen LogP contribution is -2.48. The molecule has 1 N–H and O–H groups in total. The number of piperazine rings is 1. The van der Waals surface area contributed by atoms with Gasteiger partial charge in [0, 0.05) is 25.2 Å². The van der Waals surface area contributed by atoms with Crippen molar-refractivity contribution in [3.8, 4) is 11.5 Å². The molecule has 0 aromatic heterocycles. The first-order valence-corrected chi connectivity index (χ1v) is 8.55. The number of hydrogen-bond donors (Lipinski definition) is 1. The van der Waals surface area contributed by atoms with E-state index in [0.29, 0.717) is 36.7 Å². The monoisotopic (exact) mass is 358 g/mol. The number of carbonyl (C=O) groups excluding carboxylic acids is 1. The molecule has 5 nitrogen and oxygen atoms in total. The van der Waals surface area contributed by atoms with Crippen molar-refractivity contribution in [1.29, 1.82) is 0 Å². The van der Waals surface area contributed by atoms with E-state index < -0.39 is 0 Å². The number of nitrogens with one attached hydrogen (secondary N) is 1.